The second kappa shape index (κ2) is 4.55. The summed E-state index contributed by atoms with van der Waals surface area (Å²) in [5.41, 5.74) is 6.55. The molecule has 0 bridgehead atoms. The van der Waals surface area contributed by atoms with E-state index in [1.807, 2.05) is 7.05 Å². The lowest BCUT2D eigenvalue weighted by Gasteiger charge is -2.19. The summed E-state index contributed by atoms with van der Waals surface area (Å²) in [5.74, 6) is 1.28. The Bertz CT molecular complexity index is 365. The SMILES string of the molecule is CCCOc1ncnc(N(C)C2CC2)c1N. The molecule has 0 amide bonds. The molecule has 0 unspecified atom stereocenters. The molecule has 5 nitrogen and oxygen atoms in total. The summed E-state index contributed by atoms with van der Waals surface area (Å²) >= 11 is 0. The summed E-state index contributed by atoms with van der Waals surface area (Å²) in [6.45, 7) is 2.68. The van der Waals surface area contributed by atoms with Crippen LogP contribution in [0.1, 0.15) is 26.2 Å². The Hall–Kier alpha value is -1.52. The molecular weight excluding hydrogens is 204 g/mol. The van der Waals surface area contributed by atoms with Gasteiger partial charge in [0.1, 0.15) is 12.0 Å². The van der Waals surface area contributed by atoms with Gasteiger partial charge in [0.15, 0.2) is 5.82 Å². The fraction of sp³-hybridized carbons (Fsp3) is 0.636. The molecule has 1 fully saturated rings. The van der Waals surface area contributed by atoms with Gasteiger partial charge in [-0.2, -0.15) is 4.98 Å². The van der Waals surface area contributed by atoms with Crippen molar-refractivity contribution in [2.45, 2.75) is 32.2 Å². The van der Waals surface area contributed by atoms with Crippen LogP contribution in [0.25, 0.3) is 0 Å². The van der Waals surface area contributed by atoms with Crippen molar-refractivity contribution in [1.29, 1.82) is 0 Å². The van der Waals surface area contributed by atoms with E-state index in [1.165, 1.54) is 19.2 Å². The number of hydrogen-bond donors (Lipinski definition) is 1. The van der Waals surface area contributed by atoms with Gasteiger partial charge in [0.05, 0.1) is 6.61 Å². The first kappa shape index (κ1) is 11.0. The molecule has 0 aliphatic heterocycles. The van der Waals surface area contributed by atoms with E-state index in [0.717, 1.165) is 12.2 Å². The van der Waals surface area contributed by atoms with Crippen LogP contribution in [-0.2, 0) is 0 Å². The number of anilines is 2. The van der Waals surface area contributed by atoms with Gasteiger partial charge in [-0.3, -0.25) is 0 Å². The molecular formula is C11H18N4O. The van der Waals surface area contributed by atoms with Crippen LogP contribution in [0.5, 0.6) is 5.88 Å². The van der Waals surface area contributed by atoms with Gasteiger partial charge in [-0.1, -0.05) is 6.92 Å². The van der Waals surface area contributed by atoms with Gasteiger partial charge in [-0.25, -0.2) is 4.98 Å². The van der Waals surface area contributed by atoms with E-state index < -0.39 is 0 Å². The molecule has 0 radical (unpaired) electrons. The van der Waals surface area contributed by atoms with Crippen LogP contribution in [-0.4, -0.2) is 29.7 Å². The maximum atomic E-state index is 6.00. The highest BCUT2D eigenvalue weighted by molar-refractivity contribution is 5.68. The minimum absolute atomic E-state index is 0.499. The van der Waals surface area contributed by atoms with E-state index in [9.17, 15) is 0 Å². The second-order valence-electron chi connectivity index (χ2n) is 4.11. The van der Waals surface area contributed by atoms with Gasteiger partial charge < -0.3 is 15.4 Å². The summed E-state index contributed by atoms with van der Waals surface area (Å²) in [5, 5.41) is 0. The third-order valence-electron chi connectivity index (χ3n) is 2.70. The molecule has 1 aromatic rings. The molecule has 0 aromatic carbocycles. The number of nitrogens with two attached hydrogens (primary N) is 1. The van der Waals surface area contributed by atoms with Gasteiger partial charge >= 0.3 is 0 Å². The topological polar surface area (TPSA) is 64.3 Å². The first-order chi connectivity index (χ1) is 7.74. The maximum Gasteiger partial charge on any atom is 0.242 e. The molecule has 0 atom stereocenters. The van der Waals surface area contributed by atoms with Crippen LogP contribution in [0, 0.1) is 0 Å². The fourth-order valence-corrected chi connectivity index (χ4v) is 1.60. The van der Waals surface area contributed by atoms with Crippen molar-refractivity contribution in [1.82, 2.24) is 9.97 Å². The monoisotopic (exact) mass is 222 g/mol. The van der Waals surface area contributed by atoms with Gasteiger partial charge in [0.25, 0.3) is 0 Å². The highest BCUT2D eigenvalue weighted by atomic mass is 16.5. The molecule has 2 N–H and O–H groups in total. The van der Waals surface area contributed by atoms with Gasteiger partial charge in [0.2, 0.25) is 5.88 Å². The Balaban J connectivity index is 2.17. The average molecular weight is 222 g/mol. The standard InChI is InChI=1S/C11H18N4O/c1-3-6-16-11-9(12)10(13-7-14-11)15(2)8-4-5-8/h7-8H,3-6,12H2,1-2H3. The van der Waals surface area contributed by atoms with E-state index in [4.69, 9.17) is 10.5 Å². The van der Waals surface area contributed by atoms with Crippen molar-refractivity contribution < 1.29 is 4.74 Å². The highest BCUT2D eigenvalue weighted by Crippen LogP contribution is 2.34. The molecule has 1 aromatic heterocycles. The summed E-state index contributed by atoms with van der Waals surface area (Å²) in [6.07, 6.45) is 4.88. The molecule has 2 rings (SSSR count). The summed E-state index contributed by atoms with van der Waals surface area (Å²) in [7, 11) is 2.01. The largest absolute Gasteiger partial charge is 0.476 e. The van der Waals surface area contributed by atoms with Crippen molar-refractivity contribution in [3.8, 4) is 5.88 Å². The quantitative estimate of drug-likeness (QED) is 0.816. The van der Waals surface area contributed by atoms with E-state index in [0.29, 0.717) is 24.2 Å². The van der Waals surface area contributed by atoms with Crippen LogP contribution >= 0.6 is 0 Å². The Morgan fingerprint density at radius 1 is 1.50 bits per heavy atom. The van der Waals surface area contributed by atoms with Gasteiger partial charge in [-0.05, 0) is 19.3 Å². The summed E-state index contributed by atoms with van der Waals surface area (Å²) < 4.78 is 5.47. The number of ether oxygens (including phenoxy) is 1. The van der Waals surface area contributed by atoms with Crippen molar-refractivity contribution in [2.75, 3.05) is 24.3 Å². The third kappa shape index (κ3) is 2.18. The number of hydrogen-bond acceptors (Lipinski definition) is 5. The zero-order valence-corrected chi connectivity index (χ0v) is 9.81. The lowest BCUT2D eigenvalue weighted by molar-refractivity contribution is 0.306. The number of aromatic nitrogens is 2. The van der Waals surface area contributed by atoms with Crippen molar-refractivity contribution in [3.63, 3.8) is 0 Å². The molecule has 1 aliphatic carbocycles. The predicted octanol–water partition coefficient (Wildman–Crippen LogP) is 1.45. The molecule has 1 saturated carbocycles. The fourth-order valence-electron chi connectivity index (χ4n) is 1.60. The molecule has 0 spiro atoms. The Labute approximate surface area is 95.6 Å². The molecule has 16 heavy (non-hydrogen) atoms. The Morgan fingerprint density at radius 2 is 2.25 bits per heavy atom. The normalized spacial score (nSPS) is 14.9. The number of nitrogen functional groups attached to an aromatic ring is 1. The van der Waals surface area contributed by atoms with Crippen LogP contribution < -0.4 is 15.4 Å². The van der Waals surface area contributed by atoms with Crippen LogP contribution in [0.15, 0.2) is 6.33 Å². The zero-order chi connectivity index (χ0) is 11.5. The average Bonchev–Trinajstić information content (AvgIpc) is 3.11. The highest BCUT2D eigenvalue weighted by Gasteiger charge is 2.29. The Morgan fingerprint density at radius 3 is 2.88 bits per heavy atom. The second-order valence-corrected chi connectivity index (χ2v) is 4.11. The van der Waals surface area contributed by atoms with E-state index in [2.05, 4.69) is 21.8 Å². The molecule has 5 heteroatoms. The minimum atomic E-state index is 0.499. The molecule has 0 saturated heterocycles. The number of nitrogens with zero attached hydrogens (tertiary/aromatic N) is 3. The van der Waals surface area contributed by atoms with E-state index in [1.54, 1.807) is 0 Å². The lowest BCUT2D eigenvalue weighted by atomic mass is 10.4. The van der Waals surface area contributed by atoms with Gasteiger partial charge in [-0.15, -0.1) is 0 Å². The van der Waals surface area contributed by atoms with Crippen molar-refractivity contribution in [3.05, 3.63) is 6.33 Å². The number of rotatable bonds is 5. The summed E-state index contributed by atoms with van der Waals surface area (Å²) in [4.78, 5) is 10.4. The van der Waals surface area contributed by atoms with Gasteiger partial charge in [0, 0.05) is 13.1 Å². The maximum absolute atomic E-state index is 6.00. The zero-order valence-electron chi connectivity index (χ0n) is 9.81. The smallest absolute Gasteiger partial charge is 0.242 e. The molecule has 1 heterocycles. The first-order valence-electron chi connectivity index (χ1n) is 5.70. The van der Waals surface area contributed by atoms with Crippen LogP contribution in [0.2, 0.25) is 0 Å². The van der Waals surface area contributed by atoms with Crippen molar-refractivity contribution >= 4 is 11.5 Å². The Kier molecular flexibility index (Phi) is 3.12. The van der Waals surface area contributed by atoms with E-state index >= 15 is 0 Å². The third-order valence-corrected chi connectivity index (χ3v) is 2.70. The molecule has 1 aliphatic rings. The predicted molar refractivity (Wildman–Crippen MR) is 63.7 cm³/mol. The minimum Gasteiger partial charge on any atom is -0.476 e. The first-order valence-corrected chi connectivity index (χ1v) is 5.70. The van der Waals surface area contributed by atoms with Crippen LogP contribution in [0.4, 0.5) is 11.5 Å². The van der Waals surface area contributed by atoms with Crippen molar-refractivity contribution in [2.24, 2.45) is 0 Å². The molecule has 88 valence electrons. The lowest BCUT2D eigenvalue weighted by Crippen LogP contribution is -2.22. The summed E-state index contributed by atoms with van der Waals surface area (Å²) in [6, 6.07) is 0.580. The van der Waals surface area contributed by atoms with E-state index in [-0.39, 0.29) is 0 Å². The van der Waals surface area contributed by atoms with Crippen LogP contribution in [0.3, 0.4) is 0 Å².